The van der Waals surface area contributed by atoms with Crippen LogP contribution >= 0.6 is 0 Å². The number of hydrogen-bond acceptors (Lipinski definition) is 3. The average Bonchev–Trinajstić information content (AvgIpc) is 2.67. The highest BCUT2D eigenvalue weighted by Crippen LogP contribution is 2.33. The minimum absolute atomic E-state index is 0.278. The number of ether oxygens (including phenoxy) is 1. The largest absolute Gasteiger partial charge is 0.437 e. The first-order valence-electron chi connectivity index (χ1n) is 7.00. The number of hydrogen-bond donors (Lipinski definition) is 1. The van der Waals surface area contributed by atoms with Crippen LogP contribution in [-0.2, 0) is 7.05 Å². The van der Waals surface area contributed by atoms with Crippen LogP contribution in [0.3, 0.4) is 0 Å². The monoisotopic (exact) mass is 273 g/mol. The Kier molecular flexibility index (Phi) is 4.02. The highest BCUT2D eigenvalue weighted by Gasteiger charge is 2.17. The Balaban J connectivity index is 2.33. The van der Waals surface area contributed by atoms with Crippen molar-refractivity contribution < 1.29 is 4.74 Å². The number of nitrogen functional groups attached to an aromatic ring is 1. The van der Waals surface area contributed by atoms with Crippen LogP contribution in [0, 0.1) is 0 Å². The second kappa shape index (κ2) is 5.57. The highest BCUT2D eigenvalue weighted by molar-refractivity contribution is 5.55. The molecule has 0 amide bonds. The molecule has 0 fully saturated rings. The van der Waals surface area contributed by atoms with Crippen LogP contribution in [0.5, 0.6) is 11.6 Å². The number of anilines is 1. The van der Waals surface area contributed by atoms with Crippen LogP contribution in [0.2, 0.25) is 0 Å². The van der Waals surface area contributed by atoms with Crippen LogP contribution in [-0.4, -0.2) is 9.78 Å². The van der Waals surface area contributed by atoms with Gasteiger partial charge in [-0.2, -0.15) is 5.10 Å². The molecule has 2 aromatic rings. The van der Waals surface area contributed by atoms with Crippen molar-refractivity contribution in [3.63, 3.8) is 0 Å². The van der Waals surface area contributed by atoms with Crippen molar-refractivity contribution in [1.82, 2.24) is 9.78 Å². The van der Waals surface area contributed by atoms with Crippen LogP contribution in [0.25, 0.3) is 0 Å². The van der Waals surface area contributed by atoms with Crippen LogP contribution in [0.15, 0.2) is 24.3 Å². The average molecular weight is 273 g/mol. The quantitative estimate of drug-likeness (QED) is 0.914. The van der Waals surface area contributed by atoms with E-state index in [0.717, 1.165) is 11.4 Å². The zero-order chi connectivity index (χ0) is 14.9. The molecule has 108 valence electrons. The summed E-state index contributed by atoms with van der Waals surface area (Å²) in [4.78, 5) is 0. The lowest BCUT2D eigenvalue weighted by Crippen LogP contribution is -1.97. The van der Waals surface area contributed by atoms with Gasteiger partial charge < -0.3 is 10.5 Å². The molecule has 1 aromatic heterocycles. The fourth-order valence-corrected chi connectivity index (χ4v) is 2.14. The van der Waals surface area contributed by atoms with Gasteiger partial charge >= 0.3 is 0 Å². The van der Waals surface area contributed by atoms with E-state index in [1.807, 2.05) is 25.2 Å². The molecule has 0 atom stereocenters. The minimum Gasteiger partial charge on any atom is -0.437 e. The third-order valence-corrected chi connectivity index (χ3v) is 3.34. The number of aromatic nitrogens is 2. The molecule has 4 heteroatoms. The van der Waals surface area contributed by atoms with Gasteiger partial charge in [-0.25, -0.2) is 4.68 Å². The van der Waals surface area contributed by atoms with E-state index in [1.54, 1.807) is 4.68 Å². The van der Waals surface area contributed by atoms with E-state index in [1.165, 1.54) is 5.56 Å². The summed E-state index contributed by atoms with van der Waals surface area (Å²) in [6.07, 6.45) is 0. The van der Waals surface area contributed by atoms with Crippen molar-refractivity contribution >= 4 is 5.69 Å². The number of rotatable bonds is 4. The third kappa shape index (κ3) is 2.79. The molecule has 0 unspecified atom stereocenters. The number of nitrogens with zero attached hydrogens (tertiary/aromatic N) is 2. The lowest BCUT2D eigenvalue weighted by atomic mass is 10.0. The van der Waals surface area contributed by atoms with Crippen LogP contribution in [0.4, 0.5) is 5.69 Å². The Morgan fingerprint density at radius 2 is 1.85 bits per heavy atom. The summed E-state index contributed by atoms with van der Waals surface area (Å²) in [5.74, 6) is 2.14. The summed E-state index contributed by atoms with van der Waals surface area (Å²) in [5, 5.41) is 4.43. The molecular formula is C16H23N3O. The molecule has 0 aliphatic heterocycles. The number of aryl methyl sites for hydroxylation is 1. The Morgan fingerprint density at radius 1 is 1.15 bits per heavy atom. The molecule has 0 radical (unpaired) electrons. The molecule has 1 heterocycles. The molecular weight excluding hydrogens is 250 g/mol. The standard InChI is InChI=1S/C16H23N3O/c1-10(2)12-7-6-8-13(9-12)20-16-14(17)15(11(3)4)18-19(16)5/h6-11H,17H2,1-5H3. The maximum Gasteiger partial charge on any atom is 0.241 e. The number of benzene rings is 1. The van der Waals surface area contributed by atoms with E-state index >= 15 is 0 Å². The van der Waals surface area contributed by atoms with Gasteiger partial charge in [-0.15, -0.1) is 0 Å². The maximum atomic E-state index is 6.14. The molecule has 0 bridgehead atoms. The molecule has 0 saturated carbocycles. The SMILES string of the molecule is CC(C)c1cccc(Oc2c(N)c(C(C)C)nn2C)c1. The Bertz CT molecular complexity index is 600. The molecule has 0 aliphatic rings. The number of nitrogens with two attached hydrogens (primary N) is 1. The normalized spacial score (nSPS) is 11.3. The van der Waals surface area contributed by atoms with Gasteiger partial charge in [0.2, 0.25) is 5.88 Å². The molecule has 0 saturated heterocycles. The van der Waals surface area contributed by atoms with Crippen molar-refractivity contribution in [2.24, 2.45) is 7.05 Å². The molecule has 2 rings (SSSR count). The third-order valence-electron chi connectivity index (χ3n) is 3.34. The van der Waals surface area contributed by atoms with Crippen molar-refractivity contribution in [3.8, 4) is 11.6 Å². The van der Waals surface area contributed by atoms with E-state index in [0.29, 0.717) is 17.5 Å². The van der Waals surface area contributed by atoms with E-state index in [4.69, 9.17) is 10.5 Å². The van der Waals surface area contributed by atoms with Crippen LogP contribution < -0.4 is 10.5 Å². The van der Waals surface area contributed by atoms with Gasteiger partial charge in [0.25, 0.3) is 0 Å². The van der Waals surface area contributed by atoms with Gasteiger partial charge in [0.1, 0.15) is 11.4 Å². The molecule has 4 nitrogen and oxygen atoms in total. The van der Waals surface area contributed by atoms with Gasteiger partial charge in [-0.1, -0.05) is 39.8 Å². The van der Waals surface area contributed by atoms with E-state index in [9.17, 15) is 0 Å². The summed E-state index contributed by atoms with van der Waals surface area (Å²) >= 11 is 0. The smallest absolute Gasteiger partial charge is 0.241 e. The summed E-state index contributed by atoms with van der Waals surface area (Å²) in [5.41, 5.74) is 8.89. The summed E-state index contributed by atoms with van der Waals surface area (Å²) in [6.45, 7) is 8.46. The second-order valence-corrected chi connectivity index (χ2v) is 5.71. The Hall–Kier alpha value is -1.97. The highest BCUT2D eigenvalue weighted by atomic mass is 16.5. The van der Waals surface area contributed by atoms with E-state index in [2.05, 4.69) is 38.9 Å². The van der Waals surface area contributed by atoms with E-state index < -0.39 is 0 Å². The molecule has 0 spiro atoms. The summed E-state index contributed by atoms with van der Waals surface area (Å²) in [6, 6.07) is 8.09. The summed E-state index contributed by atoms with van der Waals surface area (Å²) in [7, 11) is 1.85. The van der Waals surface area contributed by atoms with Crippen molar-refractivity contribution in [2.45, 2.75) is 39.5 Å². The Morgan fingerprint density at radius 3 is 2.40 bits per heavy atom. The summed E-state index contributed by atoms with van der Waals surface area (Å²) < 4.78 is 7.64. The maximum absolute atomic E-state index is 6.14. The fourth-order valence-electron chi connectivity index (χ4n) is 2.14. The van der Waals surface area contributed by atoms with Gasteiger partial charge in [0, 0.05) is 7.05 Å². The lowest BCUT2D eigenvalue weighted by molar-refractivity contribution is 0.431. The Labute approximate surface area is 120 Å². The minimum atomic E-state index is 0.278. The first kappa shape index (κ1) is 14.4. The first-order chi connectivity index (χ1) is 9.40. The van der Waals surface area contributed by atoms with Crippen molar-refractivity contribution in [2.75, 3.05) is 5.73 Å². The van der Waals surface area contributed by atoms with Gasteiger partial charge in [0.15, 0.2) is 0 Å². The zero-order valence-corrected chi connectivity index (χ0v) is 12.8. The van der Waals surface area contributed by atoms with Gasteiger partial charge in [-0.3, -0.25) is 0 Å². The van der Waals surface area contributed by atoms with E-state index in [-0.39, 0.29) is 5.92 Å². The molecule has 0 aliphatic carbocycles. The topological polar surface area (TPSA) is 53.1 Å². The molecule has 20 heavy (non-hydrogen) atoms. The van der Waals surface area contributed by atoms with Gasteiger partial charge in [0.05, 0.1) is 5.69 Å². The lowest BCUT2D eigenvalue weighted by Gasteiger charge is -2.10. The van der Waals surface area contributed by atoms with Crippen molar-refractivity contribution in [3.05, 3.63) is 35.5 Å². The molecule has 1 aromatic carbocycles. The van der Waals surface area contributed by atoms with Gasteiger partial charge in [-0.05, 0) is 29.5 Å². The zero-order valence-electron chi connectivity index (χ0n) is 12.8. The van der Waals surface area contributed by atoms with Crippen molar-refractivity contribution in [1.29, 1.82) is 0 Å². The second-order valence-electron chi connectivity index (χ2n) is 5.71. The first-order valence-corrected chi connectivity index (χ1v) is 7.00. The van der Waals surface area contributed by atoms with Crippen LogP contribution in [0.1, 0.15) is 50.8 Å². The molecule has 2 N–H and O–H groups in total. The predicted molar refractivity (Wildman–Crippen MR) is 82.3 cm³/mol. The fraction of sp³-hybridized carbons (Fsp3) is 0.438. The predicted octanol–water partition coefficient (Wildman–Crippen LogP) is 4.04.